The maximum atomic E-state index is 12.4. The number of hydrogen-bond donors (Lipinski definition) is 3. The molecule has 7 nitrogen and oxygen atoms in total. The molecule has 0 spiro atoms. The number of aromatic nitrogens is 2. The first kappa shape index (κ1) is 19.4. The standard InChI is InChI=1S/C21H23N5O2S/c27-29(28)19-9-4-8-18(14-19)25-21-23-15-17(11-10-16-6-2-1-3-7-16)20(26-21)22-12-5-13-24-29/h1-4,6-9,14-15,24H,5,10-13H2,(H2,22,23,25,26). The molecule has 0 saturated heterocycles. The first-order valence-corrected chi connectivity index (χ1v) is 11.1. The van der Waals surface area contributed by atoms with Crippen LogP contribution in [0.1, 0.15) is 17.5 Å². The van der Waals surface area contributed by atoms with E-state index in [4.69, 9.17) is 0 Å². The van der Waals surface area contributed by atoms with Crippen molar-refractivity contribution in [2.45, 2.75) is 24.2 Å². The topological polar surface area (TPSA) is 96.0 Å². The fourth-order valence-electron chi connectivity index (χ4n) is 3.18. The summed E-state index contributed by atoms with van der Waals surface area (Å²) in [4.78, 5) is 9.29. The highest BCUT2D eigenvalue weighted by Crippen LogP contribution is 2.22. The Hall–Kier alpha value is -2.97. The Labute approximate surface area is 170 Å². The molecule has 4 rings (SSSR count). The summed E-state index contributed by atoms with van der Waals surface area (Å²) < 4.78 is 27.5. The van der Waals surface area contributed by atoms with Gasteiger partial charge in [-0.3, -0.25) is 0 Å². The highest BCUT2D eigenvalue weighted by molar-refractivity contribution is 7.89. The maximum absolute atomic E-state index is 12.4. The van der Waals surface area contributed by atoms with E-state index in [0.717, 1.165) is 24.2 Å². The summed E-state index contributed by atoms with van der Waals surface area (Å²) in [6.45, 7) is 0.958. The molecule has 1 aliphatic rings. The summed E-state index contributed by atoms with van der Waals surface area (Å²) in [5, 5.41) is 6.44. The molecular formula is C21H23N5O2S. The Morgan fingerprint density at radius 1 is 0.966 bits per heavy atom. The van der Waals surface area contributed by atoms with E-state index >= 15 is 0 Å². The van der Waals surface area contributed by atoms with Crippen molar-refractivity contribution >= 4 is 27.5 Å². The monoisotopic (exact) mass is 409 g/mol. The van der Waals surface area contributed by atoms with Gasteiger partial charge in [0, 0.05) is 30.5 Å². The molecule has 0 aliphatic carbocycles. The van der Waals surface area contributed by atoms with Gasteiger partial charge in [-0.25, -0.2) is 18.1 Å². The predicted octanol–water partition coefficient (Wildman–Crippen LogP) is 3.10. The molecule has 3 aromatic rings. The van der Waals surface area contributed by atoms with E-state index in [0.29, 0.717) is 31.1 Å². The zero-order valence-corrected chi connectivity index (χ0v) is 16.7. The molecule has 2 aromatic carbocycles. The van der Waals surface area contributed by atoms with Gasteiger partial charge in [0.2, 0.25) is 16.0 Å². The number of fused-ring (bicyclic) bond motifs is 4. The molecule has 0 radical (unpaired) electrons. The van der Waals surface area contributed by atoms with E-state index < -0.39 is 10.0 Å². The molecule has 2 heterocycles. The smallest absolute Gasteiger partial charge is 0.240 e. The zero-order chi connectivity index (χ0) is 20.1. The van der Waals surface area contributed by atoms with Crippen LogP contribution in [-0.2, 0) is 22.9 Å². The second kappa shape index (κ2) is 8.59. The van der Waals surface area contributed by atoms with Crippen LogP contribution in [0, 0.1) is 0 Å². The molecule has 0 saturated carbocycles. The van der Waals surface area contributed by atoms with Gasteiger partial charge in [-0.05, 0) is 43.0 Å². The molecular weight excluding hydrogens is 386 g/mol. The Balaban J connectivity index is 1.60. The predicted molar refractivity (Wildman–Crippen MR) is 114 cm³/mol. The van der Waals surface area contributed by atoms with Crippen molar-refractivity contribution in [3.8, 4) is 0 Å². The molecule has 3 N–H and O–H groups in total. The van der Waals surface area contributed by atoms with E-state index in [1.165, 1.54) is 5.56 Å². The van der Waals surface area contributed by atoms with E-state index in [1.807, 2.05) is 24.4 Å². The summed E-state index contributed by atoms with van der Waals surface area (Å²) >= 11 is 0. The lowest BCUT2D eigenvalue weighted by molar-refractivity contribution is 0.580. The SMILES string of the molecule is O=S1(=O)NCCCNc2nc(ncc2CCc2ccccc2)Nc2cccc1c2. The molecule has 1 aromatic heterocycles. The Morgan fingerprint density at radius 3 is 2.69 bits per heavy atom. The minimum atomic E-state index is -3.54. The Kier molecular flexibility index (Phi) is 5.73. The van der Waals surface area contributed by atoms with Crippen molar-refractivity contribution < 1.29 is 8.42 Å². The summed E-state index contributed by atoms with van der Waals surface area (Å²) in [7, 11) is -3.54. The van der Waals surface area contributed by atoms with Crippen LogP contribution >= 0.6 is 0 Å². The van der Waals surface area contributed by atoms with Gasteiger partial charge >= 0.3 is 0 Å². The minimum Gasteiger partial charge on any atom is -0.370 e. The van der Waals surface area contributed by atoms with Crippen LogP contribution in [0.4, 0.5) is 17.5 Å². The number of nitrogens with zero attached hydrogens (tertiary/aromatic N) is 2. The van der Waals surface area contributed by atoms with Gasteiger partial charge in [-0.2, -0.15) is 4.98 Å². The Morgan fingerprint density at radius 2 is 1.83 bits per heavy atom. The van der Waals surface area contributed by atoms with Crippen LogP contribution in [-0.4, -0.2) is 31.5 Å². The molecule has 0 fully saturated rings. The quantitative estimate of drug-likeness (QED) is 0.615. The molecule has 0 amide bonds. The second-order valence-corrected chi connectivity index (χ2v) is 8.65. The van der Waals surface area contributed by atoms with E-state index in [9.17, 15) is 8.42 Å². The molecule has 150 valence electrons. The first-order valence-electron chi connectivity index (χ1n) is 9.61. The molecule has 0 unspecified atom stereocenters. The molecule has 4 bridgehead atoms. The first-order chi connectivity index (χ1) is 14.1. The van der Waals surface area contributed by atoms with Crippen molar-refractivity contribution in [3.05, 3.63) is 71.9 Å². The Bertz CT molecular complexity index is 1090. The van der Waals surface area contributed by atoms with Crippen LogP contribution in [0.5, 0.6) is 0 Å². The lowest BCUT2D eigenvalue weighted by atomic mass is 10.1. The van der Waals surface area contributed by atoms with Crippen molar-refractivity contribution in [3.63, 3.8) is 0 Å². The molecule has 0 atom stereocenters. The van der Waals surface area contributed by atoms with E-state index in [-0.39, 0.29) is 4.90 Å². The maximum Gasteiger partial charge on any atom is 0.240 e. The largest absolute Gasteiger partial charge is 0.370 e. The van der Waals surface area contributed by atoms with Crippen LogP contribution in [0.2, 0.25) is 0 Å². The second-order valence-electron chi connectivity index (χ2n) is 6.88. The van der Waals surface area contributed by atoms with Gasteiger partial charge in [0.1, 0.15) is 5.82 Å². The number of aryl methyl sites for hydroxylation is 2. The fraction of sp³-hybridized carbons (Fsp3) is 0.238. The highest BCUT2D eigenvalue weighted by Gasteiger charge is 2.15. The summed E-state index contributed by atoms with van der Waals surface area (Å²) in [6, 6.07) is 16.9. The number of rotatable bonds is 3. The van der Waals surface area contributed by atoms with Gasteiger partial charge in [0.05, 0.1) is 4.90 Å². The lowest BCUT2D eigenvalue weighted by Crippen LogP contribution is -2.26. The number of hydrogen-bond acceptors (Lipinski definition) is 6. The van der Waals surface area contributed by atoms with Gasteiger partial charge in [0.15, 0.2) is 0 Å². The minimum absolute atomic E-state index is 0.217. The van der Waals surface area contributed by atoms with Gasteiger partial charge < -0.3 is 10.6 Å². The van der Waals surface area contributed by atoms with E-state index in [2.05, 4.69) is 37.5 Å². The van der Waals surface area contributed by atoms with Crippen LogP contribution in [0.25, 0.3) is 0 Å². The summed E-state index contributed by atoms with van der Waals surface area (Å²) in [5.74, 6) is 1.20. The average Bonchev–Trinajstić information content (AvgIpc) is 2.74. The fourth-order valence-corrected chi connectivity index (χ4v) is 4.30. The third-order valence-corrected chi connectivity index (χ3v) is 6.19. The third kappa shape index (κ3) is 4.90. The van der Waals surface area contributed by atoms with Crippen LogP contribution < -0.4 is 15.4 Å². The number of benzene rings is 2. The van der Waals surface area contributed by atoms with Gasteiger partial charge in [-0.1, -0.05) is 36.4 Å². The van der Waals surface area contributed by atoms with Crippen LogP contribution in [0.15, 0.2) is 65.7 Å². The van der Waals surface area contributed by atoms with Crippen LogP contribution in [0.3, 0.4) is 0 Å². The van der Waals surface area contributed by atoms with Crippen molar-refractivity contribution in [2.24, 2.45) is 0 Å². The highest BCUT2D eigenvalue weighted by atomic mass is 32.2. The molecule has 29 heavy (non-hydrogen) atoms. The van der Waals surface area contributed by atoms with Crippen molar-refractivity contribution in [1.82, 2.24) is 14.7 Å². The number of sulfonamides is 1. The molecule has 8 heteroatoms. The molecule has 1 aliphatic heterocycles. The zero-order valence-electron chi connectivity index (χ0n) is 15.9. The normalized spacial score (nSPS) is 15.7. The van der Waals surface area contributed by atoms with Crippen molar-refractivity contribution in [2.75, 3.05) is 23.7 Å². The summed E-state index contributed by atoms with van der Waals surface area (Å²) in [6.07, 6.45) is 4.19. The van der Waals surface area contributed by atoms with Gasteiger partial charge in [-0.15, -0.1) is 0 Å². The number of nitrogens with one attached hydrogen (secondary N) is 3. The third-order valence-electron chi connectivity index (χ3n) is 4.73. The summed E-state index contributed by atoms with van der Waals surface area (Å²) in [5.41, 5.74) is 2.91. The van der Waals surface area contributed by atoms with Crippen molar-refractivity contribution in [1.29, 1.82) is 0 Å². The lowest BCUT2D eigenvalue weighted by Gasteiger charge is -2.13. The number of anilines is 3. The van der Waals surface area contributed by atoms with E-state index in [1.54, 1.807) is 24.3 Å². The average molecular weight is 410 g/mol. The van der Waals surface area contributed by atoms with Gasteiger partial charge in [0.25, 0.3) is 0 Å².